The van der Waals surface area contributed by atoms with Gasteiger partial charge in [-0.2, -0.15) is 9.78 Å². The van der Waals surface area contributed by atoms with Crippen molar-refractivity contribution in [2.75, 3.05) is 13.2 Å². The van der Waals surface area contributed by atoms with E-state index in [0.717, 1.165) is 4.68 Å². The molecule has 2 aromatic carbocycles. The highest BCUT2D eigenvalue weighted by atomic mass is 19.1. The third-order valence-electron chi connectivity index (χ3n) is 6.39. The number of rotatable bonds is 11. The van der Waals surface area contributed by atoms with Crippen molar-refractivity contribution in [1.29, 1.82) is 0 Å². The van der Waals surface area contributed by atoms with Crippen molar-refractivity contribution in [3.8, 4) is 17.3 Å². The minimum Gasteiger partial charge on any atom is -0.494 e. The van der Waals surface area contributed by atoms with Gasteiger partial charge in [0.25, 0.3) is 5.91 Å². The number of carboxylic acids is 1. The van der Waals surface area contributed by atoms with E-state index in [0.29, 0.717) is 17.9 Å². The standard InChI is InChI=1S/C28H34FN3O6/c1-6-37-23-14-10-7-11-18(23)20(16-25(33)34)30-26(35)21-15-24(38-17-28(5,36)27(2,3)4)32(31-21)22-13-9-8-12-19(22)29/h7-15,20,36H,6,16-17H2,1-5H3,(H,30,35)(H,33,34). The zero-order valence-electron chi connectivity index (χ0n) is 22.2. The fourth-order valence-corrected chi connectivity index (χ4v) is 3.51. The van der Waals surface area contributed by atoms with Crippen molar-refractivity contribution in [2.45, 2.75) is 52.7 Å². The van der Waals surface area contributed by atoms with Crippen molar-refractivity contribution in [3.05, 3.63) is 71.7 Å². The number of aliphatic carboxylic acids is 1. The summed E-state index contributed by atoms with van der Waals surface area (Å²) in [4.78, 5) is 24.9. The van der Waals surface area contributed by atoms with Gasteiger partial charge >= 0.3 is 5.97 Å². The summed E-state index contributed by atoms with van der Waals surface area (Å²) in [5, 5.41) is 27.3. The van der Waals surface area contributed by atoms with E-state index in [2.05, 4.69) is 10.4 Å². The number of amides is 1. The summed E-state index contributed by atoms with van der Waals surface area (Å²) in [6.45, 7) is 9.19. The van der Waals surface area contributed by atoms with Crippen LogP contribution >= 0.6 is 0 Å². The first kappa shape index (κ1) is 28.6. The van der Waals surface area contributed by atoms with Crippen LogP contribution in [0.2, 0.25) is 0 Å². The predicted molar refractivity (Wildman–Crippen MR) is 139 cm³/mol. The Morgan fingerprint density at radius 2 is 1.74 bits per heavy atom. The predicted octanol–water partition coefficient (Wildman–Crippen LogP) is 4.53. The molecule has 1 heterocycles. The highest BCUT2D eigenvalue weighted by Crippen LogP contribution is 2.32. The second kappa shape index (κ2) is 11.6. The van der Waals surface area contributed by atoms with Crippen LogP contribution in [0.5, 0.6) is 11.6 Å². The van der Waals surface area contributed by atoms with Gasteiger partial charge in [0.15, 0.2) is 5.69 Å². The number of nitrogens with one attached hydrogen (secondary N) is 1. The molecule has 0 radical (unpaired) electrons. The molecule has 2 unspecified atom stereocenters. The molecule has 0 spiro atoms. The Bertz CT molecular complexity index is 1280. The normalized spacial score (nSPS) is 13.9. The maximum Gasteiger partial charge on any atom is 0.305 e. The lowest BCUT2D eigenvalue weighted by Crippen LogP contribution is -2.45. The molecule has 9 nitrogen and oxygen atoms in total. The van der Waals surface area contributed by atoms with Gasteiger partial charge in [-0.1, -0.05) is 51.1 Å². The van der Waals surface area contributed by atoms with Crippen molar-refractivity contribution >= 4 is 11.9 Å². The average molecular weight is 528 g/mol. The highest BCUT2D eigenvalue weighted by Gasteiger charge is 2.36. The molecule has 10 heteroatoms. The van der Waals surface area contributed by atoms with E-state index in [4.69, 9.17) is 9.47 Å². The van der Waals surface area contributed by atoms with Crippen LogP contribution in [0, 0.1) is 11.2 Å². The van der Waals surface area contributed by atoms with Gasteiger partial charge < -0.3 is 25.0 Å². The van der Waals surface area contributed by atoms with Crippen LogP contribution in [-0.2, 0) is 4.79 Å². The molecule has 1 aromatic heterocycles. The smallest absolute Gasteiger partial charge is 0.305 e. The van der Waals surface area contributed by atoms with E-state index < -0.39 is 41.2 Å². The fourth-order valence-electron chi connectivity index (χ4n) is 3.51. The molecule has 0 saturated carbocycles. The number of carbonyl (C=O) groups is 2. The van der Waals surface area contributed by atoms with Crippen molar-refractivity contribution in [2.24, 2.45) is 5.41 Å². The molecule has 2 atom stereocenters. The Hall–Kier alpha value is -3.92. The number of nitrogens with zero attached hydrogens (tertiary/aromatic N) is 2. The molecule has 0 fully saturated rings. The number of ether oxygens (including phenoxy) is 2. The molecular weight excluding hydrogens is 493 g/mol. The number of carbonyl (C=O) groups excluding carboxylic acids is 1. The molecule has 1 amide bonds. The lowest BCUT2D eigenvalue weighted by atomic mass is 9.78. The van der Waals surface area contributed by atoms with Crippen LogP contribution in [0.1, 0.15) is 63.1 Å². The van der Waals surface area contributed by atoms with Crippen LogP contribution in [-0.4, -0.2) is 50.7 Å². The maximum atomic E-state index is 14.7. The van der Waals surface area contributed by atoms with Gasteiger partial charge in [0.2, 0.25) is 5.88 Å². The highest BCUT2D eigenvalue weighted by molar-refractivity contribution is 5.93. The Morgan fingerprint density at radius 3 is 2.37 bits per heavy atom. The summed E-state index contributed by atoms with van der Waals surface area (Å²) in [6, 6.07) is 13.1. The van der Waals surface area contributed by atoms with Gasteiger partial charge in [0.05, 0.1) is 19.1 Å². The largest absolute Gasteiger partial charge is 0.494 e. The molecule has 0 bridgehead atoms. The summed E-state index contributed by atoms with van der Waals surface area (Å²) in [5.41, 5.74) is -1.37. The van der Waals surface area contributed by atoms with Crippen LogP contribution in [0.4, 0.5) is 4.39 Å². The fraction of sp³-hybridized carbons (Fsp3) is 0.393. The average Bonchev–Trinajstić information content (AvgIpc) is 3.26. The van der Waals surface area contributed by atoms with E-state index in [9.17, 15) is 24.2 Å². The number of carboxylic acid groups (broad SMARTS) is 1. The Morgan fingerprint density at radius 1 is 1.08 bits per heavy atom. The van der Waals surface area contributed by atoms with Gasteiger partial charge in [0, 0.05) is 11.6 Å². The Kier molecular flexibility index (Phi) is 8.78. The summed E-state index contributed by atoms with van der Waals surface area (Å²) in [6.07, 6.45) is -0.401. The maximum absolute atomic E-state index is 14.7. The van der Waals surface area contributed by atoms with E-state index in [-0.39, 0.29) is 23.9 Å². The first-order valence-electron chi connectivity index (χ1n) is 12.3. The SMILES string of the molecule is CCOc1ccccc1C(CC(=O)O)NC(=O)c1cc(OCC(C)(O)C(C)(C)C)n(-c2ccccc2F)n1. The quantitative estimate of drug-likeness (QED) is 0.335. The number of aromatic nitrogens is 2. The Balaban J connectivity index is 1.98. The third-order valence-corrected chi connectivity index (χ3v) is 6.39. The van der Waals surface area contributed by atoms with Crippen molar-refractivity contribution in [1.82, 2.24) is 15.1 Å². The van der Waals surface area contributed by atoms with E-state index >= 15 is 0 Å². The number of benzene rings is 2. The number of para-hydroxylation sites is 2. The first-order valence-corrected chi connectivity index (χ1v) is 12.3. The number of hydrogen-bond acceptors (Lipinski definition) is 6. The molecule has 3 aromatic rings. The minimum absolute atomic E-state index is 0.0364. The van der Waals surface area contributed by atoms with Gasteiger partial charge in [-0.25, -0.2) is 4.39 Å². The molecule has 38 heavy (non-hydrogen) atoms. The minimum atomic E-state index is -1.25. The van der Waals surface area contributed by atoms with E-state index in [1.165, 1.54) is 24.3 Å². The van der Waals surface area contributed by atoms with E-state index in [1.54, 1.807) is 44.2 Å². The zero-order chi connectivity index (χ0) is 28.1. The van der Waals surface area contributed by atoms with Crippen LogP contribution in [0.25, 0.3) is 5.69 Å². The summed E-state index contributed by atoms with van der Waals surface area (Å²) in [5.74, 6) is -1.91. The van der Waals surface area contributed by atoms with Crippen LogP contribution < -0.4 is 14.8 Å². The Labute approximate surface area is 221 Å². The first-order chi connectivity index (χ1) is 17.8. The molecule has 3 N–H and O–H groups in total. The second-order valence-corrected chi connectivity index (χ2v) is 10.1. The summed E-state index contributed by atoms with van der Waals surface area (Å²) >= 11 is 0. The molecule has 0 aliphatic heterocycles. The molecule has 204 valence electrons. The van der Waals surface area contributed by atoms with Crippen LogP contribution in [0.15, 0.2) is 54.6 Å². The number of aliphatic hydroxyl groups is 1. The third kappa shape index (κ3) is 6.69. The molecule has 0 aliphatic carbocycles. The topological polar surface area (TPSA) is 123 Å². The second-order valence-electron chi connectivity index (χ2n) is 10.1. The molecule has 3 rings (SSSR count). The number of halogens is 1. The van der Waals surface area contributed by atoms with Gasteiger partial charge in [0.1, 0.15) is 29.5 Å². The molecule has 0 aliphatic rings. The van der Waals surface area contributed by atoms with Gasteiger partial charge in [-0.3, -0.25) is 9.59 Å². The van der Waals surface area contributed by atoms with Gasteiger partial charge in [-0.15, -0.1) is 0 Å². The lowest BCUT2D eigenvalue weighted by molar-refractivity contribution is -0.137. The lowest BCUT2D eigenvalue weighted by Gasteiger charge is -2.36. The van der Waals surface area contributed by atoms with E-state index in [1.807, 2.05) is 20.8 Å². The van der Waals surface area contributed by atoms with Crippen molar-refractivity contribution < 1.29 is 33.7 Å². The van der Waals surface area contributed by atoms with Crippen LogP contribution in [0.3, 0.4) is 0 Å². The zero-order valence-corrected chi connectivity index (χ0v) is 22.2. The van der Waals surface area contributed by atoms with Crippen molar-refractivity contribution in [3.63, 3.8) is 0 Å². The molecular formula is C28H34FN3O6. The molecule has 0 saturated heterocycles. The summed E-state index contributed by atoms with van der Waals surface area (Å²) < 4.78 is 27.3. The summed E-state index contributed by atoms with van der Waals surface area (Å²) in [7, 11) is 0. The van der Waals surface area contributed by atoms with Gasteiger partial charge in [-0.05, 0) is 37.5 Å². The monoisotopic (exact) mass is 527 g/mol. The number of hydrogen-bond donors (Lipinski definition) is 3.